The van der Waals surface area contributed by atoms with Crippen LogP contribution in [0.15, 0.2) is 5.16 Å². The number of nitrogen functional groups attached to an aromatic ring is 1. The predicted octanol–water partition coefficient (Wildman–Crippen LogP) is 0.499. The van der Waals surface area contributed by atoms with E-state index in [1.807, 2.05) is 18.7 Å². The van der Waals surface area contributed by atoms with Crippen molar-refractivity contribution in [1.29, 1.82) is 0 Å². The molecule has 94 valence electrons. The first-order chi connectivity index (χ1) is 8.00. The molecule has 1 atom stereocenters. The van der Waals surface area contributed by atoms with Gasteiger partial charge in [-0.25, -0.2) is 0 Å². The van der Waals surface area contributed by atoms with Gasteiger partial charge in [-0.1, -0.05) is 11.8 Å². The van der Waals surface area contributed by atoms with E-state index >= 15 is 0 Å². The highest BCUT2D eigenvalue weighted by Gasteiger charge is 2.34. The van der Waals surface area contributed by atoms with Gasteiger partial charge in [0.15, 0.2) is 5.16 Å². The first-order valence-electron chi connectivity index (χ1n) is 5.62. The first-order valence-corrected chi connectivity index (χ1v) is 6.50. The Morgan fingerprint density at radius 1 is 1.47 bits per heavy atom. The summed E-state index contributed by atoms with van der Waals surface area (Å²) < 4.78 is 1.70. The van der Waals surface area contributed by atoms with Crippen LogP contribution in [0.1, 0.15) is 20.3 Å². The van der Waals surface area contributed by atoms with Gasteiger partial charge in [-0.05, 0) is 20.3 Å². The summed E-state index contributed by atoms with van der Waals surface area (Å²) in [5.41, 5.74) is 5.61. The normalized spacial score (nSPS) is 20.6. The number of anilines is 1. The van der Waals surface area contributed by atoms with E-state index in [9.17, 15) is 4.79 Å². The summed E-state index contributed by atoms with van der Waals surface area (Å²) in [6.45, 7) is 4.89. The number of carbonyl (C=O) groups excluding carboxylic acids is 1. The van der Waals surface area contributed by atoms with E-state index in [0.717, 1.165) is 13.0 Å². The number of likely N-dealkylation sites (tertiary alicyclic amines) is 1. The zero-order chi connectivity index (χ0) is 12.6. The fourth-order valence-electron chi connectivity index (χ4n) is 1.85. The molecule has 6 nitrogen and oxygen atoms in total. The second-order valence-corrected chi connectivity index (χ2v) is 5.59. The summed E-state index contributed by atoms with van der Waals surface area (Å²) >= 11 is 1.45. The van der Waals surface area contributed by atoms with Gasteiger partial charge >= 0.3 is 0 Å². The van der Waals surface area contributed by atoms with Crippen LogP contribution in [0.4, 0.5) is 5.95 Å². The van der Waals surface area contributed by atoms with Gasteiger partial charge in [0, 0.05) is 19.6 Å². The van der Waals surface area contributed by atoms with Crippen LogP contribution in [-0.2, 0) is 11.8 Å². The molecular formula is C10H17N5OS. The maximum Gasteiger partial charge on any atom is 0.236 e. The lowest BCUT2D eigenvalue weighted by Gasteiger charge is -2.20. The smallest absolute Gasteiger partial charge is 0.236 e. The molecule has 1 amide bonds. The van der Waals surface area contributed by atoms with Crippen LogP contribution in [-0.4, -0.2) is 43.4 Å². The molecule has 17 heavy (non-hydrogen) atoms. The maximum atomic E-state index is 12.1. The average Bonchev–Trinajstić information content (AvgIpc) is 2.77. The van der Waals surface area contributed by atoms with Gasteiger partial charge in [-0.3, -0.25) is 9.36 Å². The molecule has 2 rings (SSSR count). The number of hydrogen-bond donors (Lipinski definition) is 1. The largest absolute Gasteiger partial charge is 0.368 e. The minimum atomic E-state index is -0.0558. The second-order valence-electron chi connectivity index (χ2n) is 4.42. The molecule has 0 spiro atoms. The molecule has 0 aliphatic carbocycles. The Morgan fingerprint density at radius 2 is 2.18 bits per heavy atom. The minimum absolute atomic E-state index is 0.0558. The number of thioether (sulfide) groups is 1. The van der Waals surface area contributed by atoms with Crippen molar-refractivity contribution >= 4 is 23.6 Å². The third-order valence-electron chi connectivity index (χ3n) is 2.93. The lowest BCUT2D eigenvalue weighted by molar-refractivity contribution is -0.128. The van der Waals surface area contributed by atoms with Crippen molar-refractivity contribution in [3.05, 3.63) is 0 Å². The molecule has 1 aromatic heterocycles. The molecule has 1 aliphatic heterocycles. The number of rotatable bonds is 3. The SMILES string of the molecule is CC(C)N1CCC(Sc2nnc(N)n2C)C1=O. The van der Waals surface area contributed by atoms with E-state index in [0.29, 0.717) is 11.1 Å². The third-order valence-corrected chi connectivity index (χ3v) is 4.22. The van der Waals surface area contributed by atoms with Crippen molar-refractivity contribution in [3.63, 3.8) is 0 Å². The first kappa shape index (κ1) is 12.2. The van der Waals surface area contributed by atoms with Crippen LogP contribution in [0.5, 0.6) is 0 Å². The Kier molecular flexibility index (Phi) is 3.28. The summed E-state index contributed by atoms with van der Waals surface area (Å²) in [5.74, 6) is 0.560. The zero-order valence-corrected chi connectivity index (χ0v) is 11.1. The molecule has 7 heteroatoms. The molecular weight excluding hydrogens is 238 g/mol. The zero-order valence-electron chi connectivity index (χ0n) is 10.3. The van der Waals surface area contributed by atoms with E-state index in [2.05, 4.69) is 10.2 Å². The highest BCUT2D eigenvalue weighted by atomic mass is 32.2. The van der Waals surface area contributed by atoms with Gasteiger partial charge in [0.1, 0.15) is 0 Å². The summed E-state index contributed by atoms with van der Waals surface area (Å²) in [6, 6.07) is 0.262. The van der Waals surface area contributed by atoms with Gasteiger partial charge in [0.05, 0.1) is 5.25 Å². The molecule has 2 heterocycles. The van der Waals surface area contributed by atoms with Crippen molar-refractivity contribution in [2.24, 2.45) is 7.05 Å². The van der Waals surface area contributed by atoms with Crippen molar-refractivity contribution in [3.8, 4) is 0 Å². The minimum Gasteiger partial charge on any atom is -0.368 e. The Balaban J connectivity index is 2.06. The monoisotopic (exact) mass is 255 g/mol. The van der Waals surface area contributed by atoms with Crippen molar-refractivity contribution in [2.75, 3.05) is 12.3 Å². The number of nitrogens with two attached hydrogens (primary N) is 1. The molecule has 1 fully saturated rings. The lowest BCUT2D eigenvalue weighted by Crippen LogP contribution is -2.34. The van der Waals surface area contributed by atoms with Crippen LogP contribution in [0, 0.1) is 0 Å². The molecule has 0 bridgehead atoms. The Labute approximate surface area is 105 Å². The number of amides is 1. The predicted molar refractivity (Wildman–Crippen MR) is 66.5 cm³/mol. The van der Waals surface area contributed by atoms with Crippen LogP contribution >= 0.6 is 11.8 Å². The number of nitrogens with zero attached hydrogens (tertiary/aromatic N) is 4. The Bertz CT molecular complexity index is 430. The Morgan fingerprint density at radius 3 is 2.65 bits per heavy atom. The average molecular weight is 255 g/mol. The van der Waals surface area contributed by atoms with Gasteiger partial charge < -0.3 is 10.6 Å². The highest BCUT2D eigenvalue weighted by molar-refractivity contribution is 8.00. The van der Waals surface area contributed by atoms with E-state index in [-0.39, 0.29) is 17.2 Å². The van der Waals surface area contributed by atoms with Gasteiger partial charge in [-0.2, -0.15) is 0 Å². The molecule has 0 saturated carbocycles. The Hall–Kier alpha value is -1.24. The molecule has 1 saturated heterocycles. The lowest BCUT2D eigenvalue weighted by atomic mass is 10.3. The molecule has 1 unspecified atom stereocenters. The molecule has 1 aliphatic rings. The van der Waals surface area contributed by atoms with Crippen LogP contribution in [0.2, 0.25) is 0 Å². The summed E-state index contributed by atoms with van der Waals surface area (Å²) in [6.07, 6.45) is 0.856. The van der Waals surface area contributed by atoms with E-state index in [4.69, 9.17) is 5.73 Å². The summed E-state index contributed by atoms with van der Waals surface area (Å²) in [5, 5.41) is 8.39. The van der Waals surface area contributed by atoms with Crippen molar-refractivity contribution in [2.45, 2.75) is 36.7 Å². The molecule has 1 aromatic rings. The van der Waals surface area contributed by atoms with Gasteiger partial charge in [0.2, 0.25) is 11.9 Å². The van der Waals surface area contributed by atoms with Crippen LogP contribution in [0.25, 0.3) is 0 Å². The van der Waals surface area contributed by atoms with Crippen molar-refractivity contribution < 1.29 is 4.79 Å². The standard InChI is InChI=1S/C10H17N5OS/c1-6(2)15-5-4-7(8(15)16)17-10-13-12-9(11)14(10)3/h6-7H,4-5H2,1-3H3,(H2,11,12). The summed E-state index contributed by atoms with van der Waals surface area (Å²) in [4.78, 5) is 14.0. The topological polar surface area (TPSA) is 77.0 Å². The van der Waals surface area contributed by atoms with E-state index < -0.39 is 0 Å². The summed E-state index contributed by atoms with van der Waals surface area (Å²) in [7, 11) is 1.80. The number of hydrogen-bond acceptors (Lipinski definition) is 5. The van der Waals surface area contributed by atoms with Crippen LogP contribution in [0.3, 0.4) is 0 Å². The fraction of sp³-hybridized carbons (Fsp3) is 0.700. The fourth-order valence-corrected chi connectivity index (χ4v) is 2.91. The highest BCUT2D eigenvalue weighted by Crippen LogP contribution is 2.30. The van der Waals surface area contributed by atoms with Gasteiger partial charge in [0.25, 0.3) is 0 Å². The van der Waals surface area contributed by atoms with Crippen molar-refractivity contribution in [1.82, 2.24) is 19.7 Å². The third kappa shape index (κ3) is 2.24. The molecule has 0 radical (unpaired) electrons. The maximum absolute atomic E-state index is 12.1. The number of carbonyl (C=O) groups is 1. The quantitative estimate of drug-likeness (QED) is 0.851. The second kappa shape index (κ2) is 4.56. The number of aromatic nitrogens is 3. The molecule has 2 N–H and O–H groups in total. The van der Waals surface area contributed by atoms with E-state index in [1.54, 1.807) is 11.6 Å². The molecule has 0 aromatic carbocycles. The van der Waals surface area contributed by atoms with Gasteiger partial charge in [-0.15, -0.1) is 10.2 Å². The van der Waals surface area contributed by atoms with Crippen LogP contribution < -0.4 is 5.73 Å². The van der Waals surface area contributed by atoms with E-state index in [1.165, 1.54) is 11.8 Å².